The molecule has 1 aromatic heterocycles. The van der Waals surface area contributed by atoms with Gasteiger partial charge in [0.2, 0.25) is 0 Å². The zero-order valence-corrected chi connectivity index (χ0v) is 14.8. The van der Waals surface area contributed by atoms with Crippen molar-refractivity contribution in [2.75, 3.05) is 19.8 Å². The van der Waals surface area contributed by atoms with Crippen molar-refractivity contribution in [3.05, 3.63) is 46.7 Å². The van der Waals surface area contributed by atoms with Gasteiger partial charge in [-0.3, -0.25) is 4.79 Å². The van der Waals surface area contributed by atoms with E-state index in [4.69, 9.17) is 9.47 Å². The lowest BCUT2D eigenvalue weighted by atomic mass is 10.2. The van der Waals surface area contributed by atoms with Gasteiger partial charge in [0.1, 0.15) is 11.5 Å². The van der Waals surface area contributed by atoms with Gasteiger partial charge < -0.3 is 14.4 Å². The summed E-state index contributed by atoms with van der Waals surface area (Å²) < 4.78 is 11.2. The fourth-order valence-electron chi connectivity index (χ4n) is 2.92. The molecule has 1 amide bonds. The predicted molar refractivity (Wildman–Crippen MR) is 95.7 cm³/mol. The van der Waals surface area contributed by atoms with Gasteiger partial charge in [-0.1, -0.05) is 13.0 Å². The number of carbonyl (C=O) groups excluding carboxylic acids is 1. The summed E-state index contributed by atoms with van der Waals surface area (Å²) in [6.07, 6.45) is 3.07. The molecule has 2 aromatic rings. The number of nitrogens with zero attached hydrogens (tertiary/aromatic N) is 1. The number of carbonyl (C=O) groups is 1. The monoisotopic (exact) mass is 345 g/mol. The van der Waals surface area contributed by atoms with Crippen LogP contribution in [0.2, 0.25) is 0 Å². The van der Waals surface area contributed by atoms with Crippen molar-refractivity contribution in [3.63, 3.8) is 0 Å². The van der Waals surface area contributed by atoms with Crippen molar-refractivity contribution in [2.24, 2.45) is 0 Å². The van der Waals surface area contributed by atoms with Crippen LogP contribution >= 0.6 is 11.3 Å². The van der Waals surface area contributed by atoms with E-state index >= 15 is 0 Å². The highest BCUT2D eigenvalue weighted by atomic mass is 32.1. The van der Waals surface area contributed by atoms with Crippen molar-refractivity contribution in [1.82, 2.24) is 4.90 Å². The average Bonchev–Trinajstić information content (AvgIpc) is 3.29. The number of amides is 1. The molecule has 1 fully saturated rings. The van der Waals surface area contributed by atoms with Crippen molar-refractivity contribution in [1.29, 1.82) is 0 Å². The van der Waals surface area contributed by atoms with Gasteiger partial charge in [0.25, 0.3) is 5.91 Å². The molecule has 2 heterocycles. The zero-order valence-electron chi connectivity index (χ0n) is 13.9. The first kappa shape index (κ1) is 16.8. The van der Waals surface area contributed by atoms with Gasteiger partial charge in [-0.25, -0.2) is 0 Å². The Morgan fingerprint density at radius 3 is 2.62 bits per heavy atom. The van der Waals surface area contributed by atoms with Crippen LogP contribution < -0.4 is 9.47 Å². The van der Waals surface area contributed by atoms with Gasteiger partial charge in [-0.05, 0) is 55.0 Å². The summed E-state index contributed by atoms with van der Waals surface area (Å²) in [5.41, 5.74) is 0. The van der Waals surface area contributed by atoms with E-state index in [2.05, 4.69) is 18.4 Å². The van der Waals surface area contributed by atoms with Crippen molar-refractivity contribution in [2.45, 2.75) is 32.2 Å². The molecule has 1 aliphatic rings. The van der Waals surface area contributed by atoms with Gasteiger partial charge in [-0.2, -0.15) is 0 Å². The Bertz CT molecular complexity index is 639. The quantitative estimate of drug-likeness (QED) is 0.752. The molecule has 0 aliphatic carbocycles. The minimum absolute atomic E-state index is 0.0530. The largest absolute Gasteiger partial charge is 0.494 e. The fourth-order valence-corrected chi connectivity index (χ4v) is 3.80. The lowest BCUT2D eigenvalue weighted by molar-refractivity contribution is -0.134. The molecule has 3 rings (SSSR count). The summed E-state index contributed by atoms with van der Waals surface area (Å²) in [7, 11) is 0. The van der Waals surface area contributed by atoms with Crippen LogP contribution in [0, 0.1) is 0 Å². The third-order valence-electron chi connectivity index (χ3n) is 4.10. The number of likely N-dealkylation sites (tertiary alicyclic amines) is 1. The number of rotatable bonds is 7. The highest BCUT2D eigenvalue weighted by Gasteiger charge is 2.30. The van der Waals surface area contributed by atoms with Crippen LogP contribution in [0.25, 0.3) is 0 Å². The van der Waals surface area contributed by atoms with Gasteiger partial charge in [0.05, 0.1) is 12.6 Å². The van der Waals surface area contributed by atoms with Crippen LogP contribution in [0.15, 0.2) is 41.8 Å². The minimum atomic E-state index is 0.0530. The second-order valence-electron chi connectivity index (χ2n) is 5.87. The first-order valence-corrected chi connectivity index (χ1v) is 9.34. The topological polar surface area (TPSA) is 38.8 Å². The summed E-state index contributed by atoms with van der Waals surface area (Å²) in [5, 5.41) is 2.06. The van der Waals surface area contributed by atoms with E-state index in [9.17, 15) is 4.79 Å². The molecule has 0 bridgehead atoms. The van der Waals surface area contributed by atoms with Crippen LogP contribution in [-0.2, 0) is 4.79 Å². The van der Waals surface area contributed by atoms with Crippen LogP contribution in [0.5, 0.6) is 11.5 Å². The van der Waals surface area contributed by atoms with E-state index in [1.165, 1.54) is 4.88 Å². The predicted octanol–water partition coefficient (Wildman–Crippen LogP) is 4.28. The van der Waals surface area contributed by atoms with Crippen LogP contribution in [0.1, 0.15) is 37.1 Å². The highest BCUT2D eigenvalue weighted by Crippen LogP contribution is 2.34. The Labute approximate surface area is 147 Å². The van der Waals surface area contributed by atoms with Gasteiger partial charge in [-0.15, -0.1) is 11.3 Å². The molecule has 1 unspecified atom stereocenters. The maximum Gasteiger partial charge on any atom is 0.261 e. The molecule has 4 nitrogen and oxygen atoms in total. The molecule has 0 radical (unpaired) electrons. The number of hydrogen-bond acceptors (Lipinski definition) is 4. The van der Waals surface area contributed by atoms with Crippen LogP contribution in [0.4, 0.5) is 0 Å². The zero-order chi connectivity index (χ0) is 16.8. The van der Waals surface area contributed by atoms with Gasteiger partial charge >= 0.3 is 0 Å². The van der Waals surface area contributed by atoms with E-state index in [0.29, 0.717) is 12.4 Å². The number of hydrogen-bond donors (Lipinski definition) is 0. The van der Waals surface area contributed by atoms with Crippen molar-refractivity contribution in [3.8, 4) is 11.5 Å². The summed E-state index contributed by atoms with van der Waals surface area (Å²) >= 11 is 1.72. The highest BCUT2D eigenvalue weighted by molar-refractivity contribution is 7.10. The Morgan fingerprint density at radius 2 is 1.96 bits per heavy atom. The number of thiophene rings is 1. The Kier molecular flexibility index (Phi) is 5.75. The molecule has 1 aromatic carbocycles. The first-order chi connectivity index (χ1) is 11.8. The van der Waals surface area contributed by atoms with E-state index in [1.807, 2.05) is 35.2 Å². The number of benzene rings is 1. The molecule has 24 heavy (non-hydrogen) atoms. The molecule has 5 heteroatoms. The van der Waals surface area contributed by atoms with E-state index < -0.39 is 0 Å². The summed E-state index contributed by atoms with van der Waals surface area (Å²) in [4.78, 5) is 15.7. The molecular weight excluding hydrogens is 322 g/mol. The van der Waals surface area contributed by atoms with Gasteiger partial charge in [0.15, 0.2) is 6.61 Å². The third-order valence-corrected chi connectivity index (χ3v) is 5.08. The van der Waals surface area contributed by atoms with E-state index in [0.717, 1.165) is 31.6 Å². The lowest BCUT2D eigenvalue weighted by Crippen LogP contribution is -2.34. The van der Waals surface area contributed by atoms with Gasteiger partial charge in [0, 0.05) is 11.4 Å². The molecule has 0 saturated carbocycles. The average molecular weight is 345 g/mol. The molecular formula is C19H23NO3S. The summed E-state index contributed by atoms with van der Waals surface area (Å²) in [5.74, 6) is 1.57. The van der Waals surface area contributed by atoms with Crippen LogP contribution in [-0.4, -0.2) is 30.6 Å². The second-order valence-corrected chi connectivity index (χ2v) is 6.85. The third kappa shape index (κ3) is 4.09. The fraction of sp³-hybridized carbons (Fsp3) is 0.421. The van der Waals surface area contributed by atoms with Crippen molar-refractivity contribution >= 4 is 17.2 Å². The Hall–Kier alpha value is -2.01. The molecule has 1 atom stereocenters. The molecule has 1 saturated heterocycles. The Morgan fingerprint density at radius 1 is 1.21 bits per heavy atom. The standard InChI is InChI=1S/C19H23NO3S/c1-2-12-22-15-7-9-16(10-8-15)23-14-19(21)20-11-3-5-17(20)18-6-4-13-24-18/h4,6-10,13,17H,2-3,5,11-12,14H2,1H3. The molecule has 0 spiro atoms. The normalized spacial score (nSPS) is 17.0. The maximum absolute atomic E-state index is 12.5. The molecule has 1 aliphatic heterocycles. The summed E-state index contributed by atoms with van der Waals surface area (Å²) in [6, 6.07) is 11.8. The second kappa shape index (κ2) is 8.20. The Balaban J connectivity index is 1.53. The maximum atomic E-state index is 12.5. The van der Waals surface area contributed by atoms with E-state index in [-0.39, 0.29) is 18.6 Å². The van der Waals surface area contributed by atoms with Crippen molar-refractivity contribution < 1.29 is 14.3 Å². The number of ether oxygens (including phenoxy) is 2. The summed E-state index contributed by atoms with van der Waals surface area (Å²) in [6.45, 7) is 3.67. The van der Waals surface area contributed by atoms with E-state index in [1.54, 1.807) is 11.3 Å². The minimum Gasteiger partial charge on any atom is -0.494 e. The SMILES string of the molecule is CCCOc1ccc(OCC(=O)N2CCCC2c2cccs2)cc1. The first-order valence-electron chi connectivity index (χ1n) is 8.46. The van der Waals surface area contributed by atoms with Crippen LogP contribution in [0.3, 0.4) is 0 Å². The molecule has 0 N–H and O–H groups in total. The molecule has 128 valence electrons. The smallest absolute Gasteiger partial charge is 0.261 e. The lowest BCUT2D eigenvalue weighted by Gasteiger charge is -2.24.